The Hall–Kier alpha value is -0.860. The molecule has 1 heterocycles. The SMILES string of the molecule is CC(C)(C)NCCCN1CCC(c2ccccc2)C1. The molecule has 1 fully saturated rings. The molecule has 0 amide bonds. The fraction of sp³-hybridized carbons (Fsp3) is 0.647. The summed E-state index contributed by atoms with van der Waals surface area (Å²) in [6, 6.07) is 11.0. The van der Waals surface area contributed by atoms with Crippen LogP contribution in [0.4, 0.5) is 0 Å². The van der Waals surface area contributed by atoms with E-state index in [1.165, 1.54) is 38.0 Å². The van der Waals surface area contributed by atoms with E-state index in [9.17, 15) is 0 Å². The van der Waals surface area contributed by atoms with Crippen LogP contribution in [-0.4, -0.2) is 36.6 Å². The van der Waals surface area contributed by atoms with E-state index in [1.54, 1.807) is 0 Å². The Labute approximate surface area is 118 Å². The van der Waals surface area contributed by atoms with Crippen molar-refractivity contribution in [3.63, 3.8) is 0 Å². The molecule has 0 aliphatic carbocycles. The number of benzene rings is 1. The first-order chi connectivity index (χ1) is 9.04. The van der Waals surface area contributed by atoms with Crippen LogP contribution in [0.25, 0.3) is 0 Å². The van der Waals surface area contributed by atoms with Crippen molar-refractivity contribution in [1.82, 2.24) is 10.2 Å². The maximum atomic E-state index is 3.56. The lowest BCUT2D eigenvalue weighted by Gasteiger charge is -2.22. The first-order valence-corrected chi connectivity index (χ1v) is 7.57. The van der Waals surface area contributed by atoms with Crippen LogP contribution in [0, 0.1) is 0 Å². The Morgan fingerprint density at radius 3 is 2.63 bits per heavy atom. The van der Waals surface area contributed by atoms with Gasteiger partial charge in [-0.05, 0) is 64.7 Å². The molecule has 1 aliphatic rings. The molecule has 1 N–H and O–H groups in total. The molecule has 1 aromatic carbocycles. The van der Waals surface area contributed by atoms with Crippen molar-refractivity contribution in [2.45, 2.75) is 45.1 Å². The van der Waals surface area contributed by atoms with E-state index in [0.717, 1.165) is 12.5 Å². The minimum atomic E-state index is 0.248. The molecular weight excluding hydrogens is 232 g/mol. The fourth-order valence-electron chi connectivity index (χ4n) is 2.80. The van der Waals surface area contributed by atoms with Crippen molar-refractivity contribution >= 4 is 0 Å². The molecule has 1 unspecified atom stereocenters. The highest BCUT2D eigenvalue weighted by molar-refractivity contribution is 5.20. The number of likely N-dealkylation sites (tertiary alicyclic amines) is 1. The molecule has 19 heavy (non-hydrogen) atoms. The third kappa shape index (κ3) is 4.96. The molecule has 1 atom stereocenters. The van der Waals surface area contributed by atoms with Crippen LogP contribution in [0.15, 0.2) is 30.3 Å². The van der Waals surface area contributed by atoms with Gasteiger partial charge in [-0.15, -0.1) is 0 Å². The molecule has 0 radical (unpaired) electrons. The summed E-state index contributed by atoms with van der Waals surface area (Å²) >= 11 is 0. The molecule has 1 saturated heterocycles. The summed E-state index contributed by atoms with van der Waals surface area (Å²) in [6.07, 6.45) is 2.56. The van der Waals surface area contributed by atoms with Gasteiger partial charge in [-0.2, -0.15) is 0 Å². The van der Waals surface area contributed by atoms with Gasteiger partial charge in [0.05, 0.1) is 0 Å². The summed E-state index contributed by atoms with van der Waals surface area (Å²) < 4.78 is 0. The van der Waals surface area contributed by atoms with Crippen LogP contribution in [-0.2, 0) is 0 Å². The Bertz CT molecular complexity index is 367. The zero-order valence-electron chi connectivity index (χ0n) is 12.7. The van der Waals surface area contributed by atoms with Gasteiger partial charge < -0.3 is 10.2 Å². The van der Waals surface area contributed by atoms with Crippen LogP contribution in [0.5, 0.6) is 0 Å². The van der Waals surface area contributed by atoms with Gasteiger partial charge in [-0.3, -0.25) is 0 Å². The second-order valence-corrected chi connectivity index (χ2v) is 6.73. The summed E-state index contributed by atoms with van der Waals surface area (Å²) in [4.78, 5) is 2.61. The lowest BCUT2D eigenvalue weighted by molar-refractivity contribution is 0.316. The highest BCUT2D eigenvalue weighted by Crippen LogP contribution is 2.26. The van der Waals surface area contributed by atoms with Gasteiger partial charge in [0.2, 0.25) is 0 Å². The maximum absolute atomic E-state index is 3.56. The second kappa shape index (κ2) is 6.53. The Balaban J connectivity index is 1.68. The summed E-state index contributed by atoms with van der Waals surface area (Å²) in [6.45, 7) is 11.5. The van der Waals surface area contributed by atoms with Crippen LogP contribution in [0.2, 0.25) is 0 Å². The number of nitrogens with zero attached hydrogens (tertiary/aromatic N) is 1. The highest BCUT2D eigenvalue weighted by Gasteiger charge is 2.23. The Morgan fingerprint density at radius 1 is 1.21 bits per heavy atom. The molecule has 0 saturated carbocycles. The first-order valence-electron chi connectivity index (χ1n) is 7.57. The lowest BCUT2D eigenvalue weighted by atomic mass is 9.99. The molecule has 2 nitrogen and oxygen atoms in total. The van der Waals surface area contributed by atoms with E-state index in [2.05, 4.69) is 61.3 Å². The second-order valence-electron chi connectivity index (χ2n) is 6.73. The quantitative estimate of drug-likeness (QED) is 0.818. The predicted molar refractivity (Wildman–Crippen MR) is 82.6 cm³/mol. The average Bonchev–Trinajstić information content (AvgIpc) is 2.83. The van der Waals surface area contributed by atoms with Crippen molar-refractivity contribution in [3.8, 4) is 0 Å². The fourth-order valence-corrected chi connectivity index (χ4v) is 2.80. The van der Waals surface area contributed by atoms with E-state index in [-0.39, 0.29) is 5.54 Å². The van der Waals surface area contributed by atoms with E-state index in [1.807, 2.05) is 0 Å². The molecule has 2 rings (SSSR count). The van der Waals surface area contributed by atoms with Crippen LogP contribution in [0.3, 0.4) is 0 Å². The number of rotatable bonds is 5. The third-order valence-electron chi connectivity index (χ3n) is 3.85. The van der Waals surface area contributed by atoms with Gasteiger partial charge in [-0.1, -0.05) is 30.3 Å². The van der Waals surface area contributed by atoms with Gasteiger partial charge in [0, 0.05) is 12.1 Å². The first kappa shape index (κ1) is 14.5. The van der Waals surface area contributed by atoms with Gasteiger partial charge >= 0.3 is 0 Å². The van der Waals surface area contributed by atoms with Gasteiger partial charge in [-0.25, -0.2) is 0 Å². The smallest absolute Gasteiger partial charge is 0.00965 e. The van der Waals surface area contributed by atoms with Crippen molar-refractivity contribution < 1.29 is 0 Å². The van der Waals surface area contributed by atoms with E-state index in [4.69, 9.17) is 0 Å². The number of hydrogen-bond donors (Lipinski definition) is 1. The van der Waals surface area contributed by atoms with Gasteiger partial charge in [0.25, 0.3) is 0 Å². The molecule has 1 aromatic rings. The monoisotopic (exact) mass is 260 g/mol. The molecule has 2 heteroatoms. The predicted octanol–water partition coefficient (Wildman–Crippen LogP) is 3.25. The number of nitrogens with one attached hydrogen (secondary N) is 1. The lowest BCUT2D eigenvalue weighted by Crippen LogP contribution is -2.37. The number of hydrogen-bond acceptors (Lipinski definition) is 2. The normalized spacial score (nSPS) is 20.9. The van der Waals surface area contributed by atoms with Gasteiger partial charge in [0.1, 0.15) is 0 Å². The van der Waals surface area contributed by atoms with E-state index in [0.29, 0.717) is 0 Å². The summed E-state index contributed by atoms with van der Waals surface area (Å²) in [7, 11) is 0. The van der Waals surface area contributed by atoms with Crippen molar-refractivity contribution in [2.75, 3.05) is 26.2 Å². The third-order valence-corrected chi connectivity index (χ3v) is 3.85. The van der Waals surface area contributed by atoms with E-state index >= 15 is 0 Å². The Morgan fingerprint density at radius 2 is 1.95 bits per heavy atom. The Kier molecular flexibility index (Phi) is 5.00. The minimum Gasteiger partial charge on any atom is -0.312 e. The zero-order chi connectivity index (χ0) is 13.7. The average molecular weight is 260 g/mol. The largest absolute Gasteiger partial charge is 0.312 e. The zero-order valence-corrected chi connectivity index (χ0v) is 12.7. The van der Waals surface area contributed by atoms with Crippen molar-refractivity contribution in [2.24, 2.45) is 0 Å². The summed E-state index contributed by atoms with van der Waals surface area (Å²) in [5, 5.41) is 3.56. The molecule has 106 valence electrons. The minimum absolute atomic E-state index is 0.248. The standard InChI is InChI=1S/C17H28N2/c1-17(2,3)18-11-7-12-19-13-10-16(14-19)15-8-5-4-6-9-15/h4-6,8-9,16,18H,7,10-14H2,1-3H3. The molecule has 0 spiro atoms. The molecule has 0 bridgehead atoms. The van der Waals surface area contributed by atoms with Crippen molar-refractivity contribution in [3.05, 3.63) is 35.9 Å². The summed E-state index contributed by atoms with van der Waals surface area (Å²) in [5.41, 5.74) is 1.76. The molecule has 0 aromatic heterocycles. The van der Waals surface area contributed by atoms with Gasteiger partial charge in [0.15, 0.2) is 0 Å². The van der Waals surface area contributed by atoms with Crippen LogP contribution in [0.1, 0.15) is 45.1 Å². The topological polar surface area (TPSA) is 15.3 Å². The van der Waals surface area contributed by atoms with Crippen LogP contribution >= 0.6 is 0 Å². The molecular formula is C17H28N2. The summed E-state index contributed by atoms with van der Waals surface area (Å²) in [5.74, 6) is 0.747. The highest BCUT2D eigenvalue weighted by atomic mass is 15.1. The van der Waals surface area contributed by atoms with E-state index < -0.39 is 0 Å². The molecule has 1 aliphatic heterocycles. The van der Waals surface area contributed by atoms with Crippen molar-refractivity contribution in [1.29, 1.82) is 0 Å². The maximum Gasteiger partial charge on any atom is 0.00965 e. The van der Waals surface area contributed by atoms with Crippen LogP contribution < -0.4 is 5.32 Å².